The monoisotopic (exact) mass is 329 g/mol. The van der Waals surface area contributed by atoms with Crippen LogP contribution in [0.4, 0.5) is 0 Å². The average Bonchev–Trinajstić information content (AvgIpc) is 3.30. The summed E-state index contributed by atoms with van der Waals surface area (Å²) >= 11 is 6.18. The van der Waals surface area contributed by atoms with Crippen LogP contribution in [0, 0.1) is 17.8 Å². The third-order valence-corrected chi connectivity index (χ3v) is 5.08. The summed E-state index contributed by atoms with van der Waals surface area (Å²) in [6, 6.07) is 5.17. The summed E-state index contributed by atoms with van der Waals surface area (Å²) in [6.07, 6.45) is 8.47. The fourth-order valence-corrected chi connectivity index (χ4v) is 3.76. The molecule has 2 aliphatic carbocycles. The zero-order chi connectivity index (χ0) is 15.8. The van der Waals surface area contributed by atoms with Gasteiger partial charge < -0.3 is 5.32 Å². The van der Waals surface area contributed by atoms with Crippen molar-refractivity contribution in [3.8, 4) is 5.69 Å². The fraction of sp³-hybridized carbons (Fsp3) is 0.375. The Bertz CT molecular complexity index is 758. The van der Waals surface area contributed by atoms with Gasteiger partial charge in [0, 0.05) is 6.54 Å². The normalized spacial score (nSPS) is 25.0. The van der Waals surface area contributed by atoms with E-state index in [1.165, 1.54) is 23.9 Å². The van der Waals surface area contributed by atoms with Gasteiger partial charge in [-0.05, 0) is 59.2 Å². The quantitative estimate of drug-likeness (QED) is 0.873. The highest BCUT2D eigenvalue weighted by atomic mass is 35.5. The SMILES string of the molecule is O=C(NC[C@H]1C[C@H]2C=C[C@H]1C2)c1cc(-n2cnnn2)ccc1Cl. The summed E-state index contributed by atoms with van der Waals surface area (Å²) in [5.41, 5.74) is 1.14. The van der Waals surface area contributed by atoms with Crippen LogP contribution in [0.1, 0.15) is 23.2 Å². The minimum Gasteiger partial charge on any atom is -0.352 e. The van der Waals surface area contributed by atoms with E-state index in [0.717, 1.165) is 0 Å². The number of fused-ring (bicyclic) bond motifs is 2. The summed E-state index contributed by atoms with van der Waals surface area (Å²) in [4.78, 5) is 12.5. The van der Waals surface area contributed by atoms with Gasteiger partial charge in [-0.25, -0.2) is 4.68 Å². The van der Waals surface area contributed by atoms with Crippen molar-refractivity contribution < 1.29 is 4.79 Å². The second-order valence-electron chi connectivity index (χ2n) is 6.17. The number of hydrogen-bond donors (Lipinski definition) is 1. The minimum atomic E-state index is -0.156. The van der Waals surface area contributed by atoms with Crippen LogP contribution in [0.2, 0.25) is 5.02 Å². The van der Waals surface area contributed by atoms with Gasteiger partial charge in [-0.1, -0.05) is 23.8 Å². The van der Waals surface area contributed by atoms with Gasteiger partial charge >= 0.3 is 0 Å². The van der Waals surface area contributed by atoms with Crippen molar-refractivity contribution in [2.45, 2.75) is 12.8 Å². The largest absolute Gasteiger partial charge is 0.352 e. The number of carbonyl (C=O) groups excluding carboxylic acids is 1. The first-order valence-corrected chi connectivity index (χ1v) is 8.08. The number of amides is 1. The molecule has 1 saturated carbocycles. The van der Waals surface area contributed by atoms with Crippen molar-refractivity contribution in [2.24, 2.45) is 17.8 Å². The molecule has 1 aromatic carbocycles. The van der Waals surface area contributed by atoms with E-state index in [1.807, 2.05) is 0 Å². The highest BCUT2D eigenvalue weighted by molar-refractivity contribution is 6.33. The molecule has 1 heterocycles. The Morgan fingerprint density at radius 1 is 1.35 bits per heavy atom. The third-order valence-electron chi connectivity index (χ3n) is 4.75. The molecular weight excluding hydrogens is 314 g/mol. The van der Waals surface area contributed by atoms with Crippen LogP contribution in [0.3, 0.4) is 0 Å². The van der Waals surface area contributed by atoms with Crippen LogP contribution in [-0.4, -0.2) is 32.7 Å². The molecule has 2 aliphatic rings. The van der Waals surface area contributed by atoms with Crippen molar-refractivity contribution in [3.63, 3.8) is 0 Å². The number of nitrogens with one attached hydrogen (secondary N) is 1. The Morgan fingerprint density at radius 2 is 2.26 bits per heavy atom. The lowest BCUT2D eigenvalue weighted by atomic mass is 9.93. The van der Waals surface area contributed by atoms with Gasteiger partial charge in [-0.3, -0.25) is 4.79 Å². The van der Waals surface area contributed by atoms with Crippen LogP contribution in [0.25, 0.3) is 5.69 Å². The molecule has 1 N–H and O–H groups in total. The first-order valence-electron chi connectivity index (χ1n) is 7.70. The molecule has 7 heteroatoms. The Hall–Kier alpha value is -2.21. The predicted molar refractivity (Wildman–Crippen MR) is 85.3 cm³/mol. The maximum atomic E-state index is 12.5. The summed E-state index contributed by atoms with van der Waals surface area (Å²) in [5.74, 6) is 1.70. The van der Waals surface area contributed by atoms with Crippen molar-refractivity contribution in [1.82, 2.24) is 25.5 Å². The number of tetrazole rings is 1. The molecule has 0 radical (unpaired) electrons. The van der Waals surface area contributed by atoms with E-state index < -0.39 is 0 Å². The van der Waals surface area contributed by atoms with Crippen LogP contribution in [0.15, 0.2) is 36.7 Å². The highest BCUT2D eigenvalue weighted by Gasteiger charge is 2.35. The number of allylic oxidation sites excluding steroid dienone is 2. The Balaban J connectivity index is 1.47. The number of carbonyl (C=O) groups is 1. The molecule has 0 saturated heterocycles. The van der Waals surface area contributed by atoms with E-state index in [0.29, 0.717) is 40.6 Å². The molecule has 2 aromatic rings. The van der Waals surface area contributed by atoms with Crippen molar-refractivity contribution in [1.29, 1.82) is 0 Å². The van der Waals surface area contributed by atoms with Crippen molar-refractivity contribution in [2.75, 3.05) is 6.54 Å². The lowest BCUT2D eigenvalue weighted by molar-refractivity contribution is 0.0945. The van der Waals surface area contributed by atoms with E-state index in [-0.39, 0.29) is 5.91 Å². The zero-order valence-electron chi connectivity index (χ0n) is 12.4. The molecule has 0 spiro atoms. The summed E-state index contributed by atoms with van der Waals surface area (Å²) in [7, 11) is 0. The Labute approximate surface area is 138 Å². The molecule has 0 aliphatic heterocycles. The topological polar surface area (TPSA) is 72.7 Å². The standard InChI is InChI=1S/C16H16ClN5O/c17-15-4-3-13(22-9-19-20-21-22)7-14(15)16(23)18-8-12-6-10-1-2-11(12)5-10/h1-4,7,9-12H,5-6,8H2,(H,18,23)/t10-,11-,12+/m0/s1. The van der Waals surface area contributed by atoms with Crippen LogP contribution in [0.5, 0.6) is 0 Å². The number of rotatable bonds is 4. The van der Waals surface area contributed by atoms with E-state index >= 15 is 0 Å². The van der Waals surface area contributed by atoms with Crippen LogP contribution < -0.4 is 5.32 Å². The Kier molecular flexibility index (Phi) is 3.61. The fourth-order valence-electron chi connectivity index (χ4n) is 3.56. The first kappa shape index (κ1) is 14.4. The van der Waals surface area contributed by atoms with Crippen molar-refractivity contribution >= 4 is 17.5 Å². The van der Waals surface area contributed by atoms with Gasteiger partial charge in [0.25, 0.3) is 5.91 Å². The zero-order valence-corrected chi connectivity index (χ0v) is 13.1. The van der Waals surface area contributed by atoms with Gasteiger partial charge in [0.15, 0.2) is 0 Å². The number of benzene rings is 1. The highest BCUT2D eigenvalue weighted by Crippen LogP contribution is 2.42. The number of aromatic nitrogens is 4. The summed E-state index contributed by atoms with van der Waals surface area (Å²) in [6.45, 7) is 0.690. The van der Waals surface area contributed by atoms with Crippen molar-refractivity contribution in [3.05, 3.63) is 47.3 Å². The molecule has 23 heavy (non-hydrogen) atoms. The van der Waals surface area contributed by atoms with Gasteiger partial charge in [-0.2, -0.15) is 0 Å². The molecule has 1 fully saturated rings. The lowest BCUT2D eigenvalue weighted by Crippen LogP contribution is -2.31. The second-order valence-corrected chi connectivity index (χ2v) is 6.58. The maximum absolute atomic E-state index is 12.5. The van der Waals surface area contributed by atoms with Gasteiger partial charge in [-0.15, -0.1) is 5.10 Å². The smallest absolute Gasteiger partial charge is 0.252 e. The summed E-state index contributed by atoms with van der Waals surface area (Å²) < 4.78 is 1.49. The van der Waals surface area contributed by atoms with E-state index in [9.17, 15) is 4.79 Å². The number of hydrogen-bond acceptors (Lipinski definition) is 4. The number of halogens is 1. The van der Waals surface area contributed by atoms with Gasteiger partial charge in [0.2, 0.25) is 0 Å². The molecule has 6 nitrogen and oxygen atoms in total. The first-order chi connectivity index (χ1) is 11.2. The molecule has 3 atom stereocenters. The molecule has 2 bridgehead atoms. The average molecular weight is 330 g/mol. The van der Waals surface area contributed by atoms with Gasteiger partial charge in [0.05, 0.1) is 16.3 Å². The number of nitrogens with zero attached hydrogens (tertiary/aromatic N) is 4. The minimum absolute atomic E-state index is 0.156. The van der Waals surface area contributed by atoms with E-state index in [4.69, 9.17) is 11.6 Å². The summed E-state index contributed by atoms with van der Waals surface area (Å²) in [5, 5.41) is 14.5. The predicted octanol–water partition coefficient (Wildman–Crippen LogP) is 2.26. The second kappa shape index (κ2) is 5.77. The van der Waals surface area contributed by atoms with Gasteiger partial charge in [0.1, 0.15) is 6.33 Å². The van der Waals surface area contributed by atoms with Crippen LogP contribution >= 0.6 is 11.6 Å². The molecular formula is C16H16ClN5O. The van der Waals surface area contributed by atoms with Crippen LogP contribution in [-0.2, 0) is 0 Å². The molecule has 1 aromatic heterocycles. The molecule has 0 unspecified atom stereocenters. The molecule has 118 valence electrons. The molecule has 4 rings (SSSR count). The lowest BCUT2D eigenvalue weighted by Gasteiger charge is -2.18. The van der Waals surface area contributed by atoms with E-state index in [2.05, 4.69) is 33.0 Å². The Morgan fingerprint density at radius 3 is 2.96 bits per heavy atom. The third kappa shape index (κ3) is 2.74. The molecule has 1 amide bonds. The van der Waals surface area contributed by atoms with E-state index in [1.54, 1.807) is 18.2 Å². The maximum Gasteiger partial charge on any atom is 0.252 e.